The van der Waals surface area contributed by atoms with Gasteiger partial charge in [-0.25, -0.2) is 0 Å². The molecule has 1 saturated heterocycles. The number of hydrogen-bond acceptors (Lipinski definition) is 3. The van der Waals surface area contributed by atoms with Gasteiger partial charge in [-0.05, 0) is 44.1 Å². The van der Waals surface area contributed by atoms with Gasteiger partial charge in [-0.3, -0.25) is 9.59 Å². The molecule has 2 aliphatic heterocycles. The van der Waals surface area contributed by atoms with E-state index in [4.69, 9.17) is 0 Å². The average molecular weight is 337 g/mol. The molecule has 0 atom stereocenters. The number of amides is 1. The van der Waals surface area contributed by atoms with Crippen molar-refractivity contribution in [3.8, 4) is 0 Å². The Morgan fingerprint density at radius 1 is 1.05 bits per heavy atom. The van der Waals surface area contributed by atoms with Crippen LogP contribution in [0, 0.1) is 0 Å². The minimum Gasteiger partial charge on any atom is -0.303 e. The number of piperidine rings is 1. The number of rotatable bonds is 3. The van der Waals surface area contributed by atoms with Gasteiger partial charge in [-0.2, -0.15) is 0 Å². The number of carbonyl (C=O) groups is 2. The number of anilines is 1. The molecule has 2 aliphatic rings. The number of ketones is 1. The summed E-state index contributed by atoms with van der Waals surface area (Å²) in [7, 11) is 0. The van der Waals surface area contributed by atoms with E-state index < -0.39 is 5.91 Å². The van der Waals surface area contributed by atoms with Crippen LogP contribution in [0.15, 0.2) is 22.7 Å². The number of halogens is 1. The van der Waals surface area contributed by atoms with E-state index in [0.717, 1.165) is 29.8 Å². The number of nitrogens with zero attached hydrogens (tertiary/aromatic N) is 2. The van der Waals surface area contributed by atoms with E-state index in [9.17, 15) is 9.59 Å². The summed E-state index contributed by atoms with van der Waals surface area (Å²) in [4.78, 5) is 28.0. The lowest BCUT2D eigenvalue weighted by Gasteiger charge is -2.28. The van der Waals surface area contributed by atoms with Crippen molar-refractivity contribution < 1.29 is 9.59 Å². The highest BCUT2D eigenvalue weighted by atomic mass is 79.9. The molecule has 1 aromatic rings. The first kappa shape index (κ1) is 13.8. The zero-order chi connectivity index (χ0) is 14.1. The number of Topliss-reactive ketones (excluding diaryl/α,β-unsaturated/α-hetero) is 1. The summed E-state index contributed by atoms with van der Waals surface area (Å²) in [5.74, 6) is -0.777. The minimum atomic E-state index is -0.393. The highest BCUT2D eigenvalue weighted by molar-refractivity contribution is 9.10. The molecule has 0 aromatic heterocycles. The zero-order valence-electron chi connectivity index (χ0n) is 11.3. The Kier molecular flexibility index (Phi) is 3.89. The maximum atomic E-state index is 12.1. The second-order valence-corrected chi connectivity index (χ2v) is 6.27. The quantitative estimate of drug-likeness (QED) is 0.796. The van der Waals surface area contributed by atoms with Gasteiger partial charge in [0.1, 0.15) is 0 Å². The second-order valence-electron chi connectivity index (χ2n) is 5.35. The molecule has 0 bridgehead atoms. The molecule has 4 nitrogen and oxygen atoms in total. The lowest BCUT2D eigenvalue weighted by Crippen LogP contribution is -2.40. The molecule has 0 saturated carbocycles. The van der Waals surface area contributed by atoms with Crippen molar-refractivity contribution in [2.45, 2.75) is 19.3 Å². The Morgan fingerprint density at radius 2 is 1.80 bits per heavy atom. The fraction of sp³-hybridized carbons (Fsp3) is 0.467. The molecule has 20 heavy (non-hydrogen) atoms. The van der Waals surface area contributed by atoms with E-state index in [1.807, 2.05) is 6.07 Å². The van der Waals surface area contributed by atoms with Crippen LogP contribution in [0.5, 0.6) is 0 Å². The van der Waals surface area contributed by atoms with E-state index in [0.29, 0.717) is 12.1 Å². The van der Waals surface area contributed by atoms with Crippen LogP contribution in [0.1, 0.15) is 29.6 Å². The monoisotopic (exact) mass is 336 g/mol. The normalized spacial score (nSPS) is 19.6. The zero-order valence-corrected chi connectivity index (χ0v) is 12.9. The van der Waals surface area contributed by atoms with Gasteiger partial charge < -0.3 is 9.80 Å². The van der Waals surface area contributed by atoms with Crippen molar-refractivity contribution in [2.75, 3.05) is 31.1 Å². The predicted molar refractivity (Wildman–Crippen MR) is 81.1 cm³/mol. The van der Waals surface area contributed by atoms with Crippen LogP contribution in [-0.2, 0) is 4.79 Å². The van der Waals surface area contributed by atoms with E-state index in [1.165, 1.54) is 19.3 Å². The van der Waals surface area contributed by atoms with Crippen molar-refractivity contribution in [3.63, 3.8) is 0 Å². The third kappa shape index (κ3) is 2.52. The van der Waals surface area contributed by atoms with Crippen LogP contribution < -0.4 is 4.90 Å². The SMILES string of the molecule is O=C1C(=O)N(CCN2CCCCC2)c2cc(Br)ccc21. The molecule has 106 valence electrons. The third-order valence-electron chi connectivity index (χ3n) is 4.02. The van der Waals surface area contributed by atoms with Crippen LogP contribution in [-0.4, -0.2) is 42.8 Å². The van der Waals surface area contributed by atoms with Gasteiger partial charge in [-0.15, -0.1) is 0 Å². The van der Waals surface area contributed by atoms with E-state index in [2.05, 4.69) is 20.8 Å². The summed E-state index contributed by atoms with van der Waals surface area (Å²) < 4.78 is 0.890. The lowest BCUT2D eigenvalue weighted by atomic mass is 10.1. The van der Waals surface area contributed by atoms with Gasteiger partial charge in [0.15, 0.2) is 0 Å². The Labute approximate surface area is 126 Å². The Balaban J connectivity index is 1.75. The average Bonchev–Trinajstić information content (AvgIpc) is 2.70. The number of fused-ring (bicyclic) bond motifs is 1. The number of benzene rings is 1. The van der Waals surface area contributed by atoms with Gasteiger partial charge in [0.25, 0.3) is 11.7 Å². The molecular weight excluding hydrogens is 320 g/mol. The Hall–Kier alpha value is -1.20. The van der Waals surface area contributed by atoms with E-state index in [1.54, 1.807) is 17.0 Å². The molecule has 1 fully saturated rings. The molecule has 5 heteroatoms. The largest absolute Gasteiger partial charge is 0.303 e. The number of carbonyl (C=O) groups excluding carboxylic acids is 2. The van der Waals surface area contributed by atoms with Crippen molar-refractivity contribution in [3.05, 3.63) is 28.2 Å². The molecule has 1 amide bonds. The van der Waals surface area contributed by atoms with Gasteiger partial charge in [-0.1, -0.05) is 22.4 Å². The van der Waals surface area contributed by atoms with E-state index >= 15 is 0 Å². The molecule has 2 heterocycles. The van der Waals surface area contributed by atoms with Crippen LogP contribution in [0.2, 0.25) is 0 Å². The summed E-state index contributed by atoms with van der Waals surface area (Å²) >= 11 is 3.40. The van der Waals surface area contributed by atoms with E-state index in [-0.39, 0.29) is 5.78 Å². The highest BCUT2D eigenvalue weighted by Crippen LogP contribution is 2.31. The molecule has 0 radical (unpaired) electrons. The standard InChI is InChI=1S/C15H17BrN2O2/c16-11-4-5-12-13(10-11)18(15(20)14(12)19)9-8-17-6-2-1-3-7-17/h4-5,10H,1-3,6-9H2. The first-order valence-electron chi connectivity index (χ1n) is 7.05. The third-order valence-corrected chi connectivity index (χ3v) is 4.52. The molecule has 1 aromatic carbocycles. The second kappa shape index (κ2) is 5.66. The predicted octanol–water partition coefficient (Wildman–Crippen LogP) is 2.46. The van der Waals surface area contributed by atoms with Crippen molar-refractivity contribution in [1.29, 1.82) is 0 Å². The van der Waals surface area contributed by atoms with Crippen molar-refractivity contribution in [1.82, 2.24) is 4.90 Å². The van der Waals surface area contributed by atoms with Gasteiger partial charge in [0.2, 0.25) is 0 Å². The maximum absolute atomic E-state index is 12.1. The van der Waals surface area contributed by atoms with Crippen molar-refractivity contribution >= 4 is 33.3 Å². The highest BCUT2D eigenvalue weighted by Gasteiger charge is 2.35. The first-order valence-corrected chi connectivity index (χ1v) is 7.84. The maximum Gasteiger partial charge on any atom is 0.299 e. The first-order chi connectivity index (χ1) is 9.66. The summed E-state index contributed by atoms with van der Waals surface area (Å²) in [5.41, 5.74) is 1.27. The summed E-state index contributed by atoms with van der Waals surface area (Å²) in [6.45, 7) is 3.63. The Bertz CT molecular complexity index is 553. The van der Waals surface area contributed by atoms with Crippen LogP contribution in [0.3, 0.4) is 0 Å². The molecule has 3 rings (SSSR count). The molecule has 0 N–H and O–H groups in total. The van der Waals surface area contributed by atoms with Crippen LogP contribution in [0.4, 0.5) is 5.69 Å². The fourth-order valence-corrected chi connectivity index (χ4v) is 3.26. The minimum absolute atomic E-state index is 0.383. The van der Waals surface area contributed by atoms with Crippen LogP contribution in [0.25, 0.3) is 0 Å². The smallest absolute Gasteiger partial charge is 0.299 e. The molecule has 0 unspecified atom stereocenters. The van der Waals surface area contributed by atoms with Crippen LogP contribution >= 0.6 is 15.9 Å². The fourth-order valence-electron chi connectivity index (χ4n) is 2.91. The summed E-state index contributed by atoms with van der Waals surface area (Å²) in [6.07, 6.45) is 3.76. The molecule has 0 aliphatic carbocycles. The molecular formula is C15H17BrN2O2. The Morgan fingerprint density at radius 3 is 2.55 bits per heavy atom. The van der Waals surface area contributed by atoms with Gasteiger partial charge in [0.05, 0.1) is 11.3 Å². The topological polar surface area (TPSA) is 40.6 Å². The summed E-state index contributed by atoms with van der Waals surface area (Å²) in [5, 5.41) is 0. The number of hydrogen-bond donors (Lipinski definition) is 0. The molecule has 0 spiro atoms. The van der Waals surface area contributed by atoms with Gasteiger partial charge >= 0.3 is 0 Å². The number of likely N-dealkylation sites (tertiary alicyclic amines) is 1. The lowest BCUT2D eigenvalue weighted by molar-refractivity contribution is -0.114. The van der Waals surface area contributed by atoms with Gasteiger partial charge in [0, 0.05) is 17.6 Å². The van der Waals surface area contributed by atoms with Crippen molar-refractivity contribution in [2.24, 2.45) is 0 Å². The summed E-state index contributed by atoms with van der Waals surface area (Å²) in [6, 6.07) is 5.38.